The van der Waals surface area contributed by atoms with Crippen molar-refractivity contribution in [3.8, 4) is 24.2 Å². The van der Waals surface area contributed by atoms with E-state index in [1.165, 1.54) is 48.5 Å². The second kappa shape index (κ2) is 48.6. The van der Waals surface area contributed by atoms with E-state index in [1.807, 2.05) is 49.0 Å². The molecule has 33 heteroatoms. The van der Waals surface area contributed by atoms with Crippen LogP contribution in [0.5, 0.6) is 0 Å². The fraction of sp³-hybridized carbons (Fsp3) is 0.632. The molecular formula is C57H93Br2N2O24PS4. The van der Waals surface area contributed by atoms with Gasteiger partial charge < -0.3 is 105 Å². The zero-order valence-electron chi connectivity index (χ0n) is 53.9. The van der Waals surface area contributed by atoms with E-state index in [1.54, 1.807) is 30.3 Å². The summed E-state index contributed by atoms with van der Waals surface area (Å²) in [7, 11) is 11.1. The molecule has 518 valence electrons. The van der Waals surface area contributed by atoms with Gasteiger partial charge in [0.25, 0.3) is 0 Å². The van der Waals surface area contributed by atoms with E-state index >= 15 is 0 Å². The van der Waals surface area contributed by atoms with Crippen LogP contribution in [0.15, 0.2) is 30.3 Å². The highest BCUT2D eigenvalue weighted by atomic mass is 79.9. The monoisotopic (exact) mass is 1510 g/mol. The minimum Gasteiger partial charge on any atom is -1.00 e. The summed E-state index contributed by atoms with van der Waals surface area (Å²) in [6.45, 7) is 8.44. The number of halogens is 2. The van der Waals surface area contributed by atoms with Gasteiger partial charge in [-0.25, -0.2) is 28.8 Å². The molecule has 2 unspecified atom stereocenters. The molecule has 0 saturated heterocycles. The van der Waals surface area contributed by atoms with E-state index in [0.29, 0.717) is 40.5 Å². The van der Waals surface area contributed by atoms with Crippen molar-refractivity contribution < 1.29 is 157 Å². The Morgan fingerprint density at radius 3 is 1.00 bits per heavy atom. The molecule has 1 rings (SSSR count). The highest BCUT2D eigenvalue weighted by molar-refractivity contribution is 7.67. The lowest BCUT2D eigenvalue weighted by atomic mass is 9.93. The lowest BCUT2D eigenvalue weighted by Gasteiger charge is -2.29. The largest absolute Gasteiger partial charge is 1.00 e. The average Bonchev–Trinajstić information content (AvgIpc) is 1.33. The Morgan fingerprint density at radius 2 is 0.733 bits per heavy atom. The standard InChI is InChI=1S/C52H80N2O24.C5H5P.2BrH.4H2S/c1-34(77-43(59)36(3)75-38(5)55)41(57)69-28-50(7,45(61)66-25-19-23-53(10,11)12)30-71-48(64)73-32-52(9,47(63)68-27-40-21-17-16-18-22-40)33-74-49(65)72-31-51(8,46(62)67-26-20-24-54(13,14)15)29-70-42(58)35(2)78-44(60)37(4)76-39(6)56;1-4-6(3)5-2;;;;;;/h16-18,21-22,34-37H,19-20,23-33H2,1-15H3;1-2H,3H3;2*1H;4*1H2/q+2;;;;;;;/p-2/t34-,35-,36-,37-,50?,51?,52?;;;;;;;/m0......./s1. The SMILES string of the molecule is C#CP(C)C#C.CC(=O)O[C@@H](C)C(=O)O[C@@H](C)C(=O)OCC(C)(COC(=O)OCC(C)(COC(=O)OCC(C)(COC(=O)[C@H](C)OC(=O)[C@H](C)OC(C)=O)C(=O)OCCC[N+](C)(C)C)C(=O)OCc1ccccc1)C(=O)OCCC[N+](C)(C)C.S.S.S.S.[Br-].[Br-]. The summed E-state index contributed by atoms with van der Waals surface area (Å²) in [6, 6.07) is 8.45. The molecule has 26 nitrogen and oxygen atoms in total. The van der Waals surface area contributed by atoms with Gasteiger partial charge in [0, 0.05) is 34.6 Å². The van der Waals surface area contributed by atoms with Gasteiger partial charge >= 0.3 is 66.0 Å². The maximum Gasteiger partial charge on any atom is 0.508 e. The molecule has 1 aromatic carbocycles. The van der Waals surface area contributed by atoms with Crippen molar-refractivity contribution in [2.75, 3.05) is 115 Å². The summed E-state index contributed by atoms with van der Waals surface area (Å²) in [6.07, 6.45) is 2.01. The average molecular weight is 1510 g/mol. The molecular weight excluding hydrogens is 1420 g/mol. The van der Waals surface area contributed by atoms with Crippen LogP contribution in [0.2, 0.25) is 0 Å². The van der Waals surface area contributed by atoms with Crippen LogP contribution in [0, 0.1) is 40.4 Å². The number of nitrogens with zero attached hydrogens (tertiary/aromatic N) is 2. The van der Waals surface area contributed by atoms with Crippen LogP contribution in [-0.2, 0) is 111 Å². The summed E-state index contributed by atoms with van der Waals surface area (Å²) in [5.41, 5.74) is -0.341. The van der Waals surface area contributed by atoms with Crippen molar-refractivity contribution in [2.45, 2.75) is 106 Å². The number of esters is 9. The zero-order chi connectivity index (χ0) is 64.6. The van der Waals surface area contributed by atoms with Crippen LogP contribution in [-0.4, -0.2) is 214 Å². The van der Waals surface area contributed by atoms with Crippen LogP contribution in [0.4, 0.5) is 9.59 Å². The Bertz CT molecular complexity index is 2360. The molecule has 1 aromatic rings. The number of benzene rings is 1. The number of hydrogen-bond acceptors (Lipinski definition) is 24. The number of ether oxygens (including phenoxy) is 13. The predicted octanol–water partition coefficient (Wildman–Crippen LogP) is -1.07. The third kappa shape index (κ3) is 42.8. The Labute approximate surface area is 579 Å². The highest BCUT2D eigenvalue weighted by Gasteiger charge is 2.44. The van der Waals surface area contributed by atoms with Crippen molar-refractivity contribution in [1.82, 2.24) is 0 Å². The van der Waals surface area contributed by atoms with Gasteiger partial charge in [-0.2, -0.15) is 54.0 Å². The van der Waals surface area contributed by atoms with E-state index < -0.39 is 154 Å². The molecule has 0 aliphatic rings. The number of terminal acetylenes is 2. The number of carbonyl (C=O) groups is 11. The Morgan fingerprint density at radius 1 is 0.456 bits per heavy atom. The van der Waals surface area contributed by atoms with Crippen molar-refractivity contribution in [2.24, 2.45) is 16.2 Å². The highest BCUT2D eigenvalue weighted by Crippen LogP contribution is 2.27. The third-order valence-electron chi connectivity index (χ3n) is 11.2. The summed E-state index contributed by atoms with van der Waals surface area (Å²) in [5, 5.41) is 0. The van der Waals surface area contributed by atoms with Gasteiger partial charge in [0.15, 0.2) is 24.4 Å². The molecule has 0 saturated carbocycles. The van der Waals surface area contributed by atoms with Crippen LogP contribution in [0.1, 0.15) is 80.7 Å². The summed E-state index contributed by atoms with van der Waals surface area (Å²) < 4.78 is 69.0. The van der Waals surface area contributed by atoms with E-state index in [4.69, 9.17) is 74.4 Å². The molecule has 0 N–H and O–H groups in total. The molecule has 0 fully saturated rings. The van der Waals surface area contributed by atoms with Gasteiger partial charge in [0.1, 0.15) is 62.5 Å². The summed E-state index contributed by atoms with van der Waals surface area (Å²) >= 11 is 0. The molecule has 0 heterocycles. The van der Waals surface area contributed by atoms with Crippen molar-refractivity contribution in [3.63, 3.8) is 0 Å². The van der Waals surface area contributed by atoms with E-state index in [0.717, 1.165) is 13.8 Å². The first kappa shape index (κ1) is 98.4. The normalized spacial score (nSPS) is 13.6. The molecule has 90 heavy (non-hydrogen) atoms. The predicted molar refractivity (Wildman–Crippen MR) is 340 cm³/mol. The lowest BCUT2D eigenvalue weighted by molar-refractivity contribution is -0.870. The van der Waals surface area contributed by atoms with Crippen molar-refractivity contribution in [3.05, 3.63) is 35.9 Å². The minimum absolute atomic E-state index is 0. The van der Waals surface area contributed by atoms with Crippen molar-refractivity contribution >= 4 is 128 Å². The van der Waals surface area contributed by atoms with Gasteiger partial charge in [-0.05, 0) is 60.7 Å². The topological polar surface area (TPSA) is 308 Å². The van der Waals surface area contributed by atoms with Crippen LogP contribution in [0.25, 0.3) is 0 Å². The smallest absolute Gasteiger partial charge is 0.508 e. The second-order valence-electron chi connectivity index (χ2n) is 22.1. The summed E-state index contributed by atoms with van der Waals surface area (Å²) in [5.74, 6) is -8.83. The maximum absolute atomic E-state index is 13.7. The molecule has 0 amide bonds. The molecule has 0 bridgehead atoms. The summed E-state index contributed by atoms with van der Waals surface area (Å²) in [4.78, 5) is 140. The molecule has 0 radical (unpaired) electrons. The first-order valence-corrected chi connectivity index (χ1v) is 28.1. The van der Waals surface area contributed by atoms with E-state index in [-0.39, 0.29) is 108 Å². The molecule has 0 aliphatic heterocycles. The van der Waals surface area contributed by atoms with Gasteiger partial charge in [-0.15, -0.1) is 12.8 Å². The van der Waals surface area contributed by atoms with Crippen LogP contribution < -0.4 is 34.0 Å². The molecule has 0 spiro atoms. The van der Waals surface area contributed by atoms with Crippen LogP contribution in [0.3, 0.4) is 0 Å². The first-order valence-electron chi connectivity index (χ1n) is 26.3. The lowest BCUT2D eigenvalue weighted by Crippen LogP contribution is -3.00. The Balaban J connectivity index is -0.00000109. The number of hydrogen-bond donors (Lipinski definition) is 0. The fourth-order valence-electron chi connectivity index (χ4n) is 6.05. The maximum atomic E-state index is 13.7. The molecule has 6 atom stereocenters. The van der Waals surface area contributed by atoms with Gasteiger partial charge in [0.2, 0.25) is 0 Å². The quantitative estimate of drug-likeness (QED) is 0.0202. The van der Waals surface area contributed by atoms with Gasteiger partial charge in [-0.3, -0.25) is 24.0 Å². The molecule has 0 aromatic heterocycles. The number of rotatable bonds is 33. The number of quaternary nitrogens is 2. The second-order valence-corrected chi connectivity index (χ2v) is 23.7. The van der Waals surface area contributed by atoms with Crippen LogP contribution >= 0.6 is 61.9 Å². The number of carbonyl (C=O) groups excluding carboxylic acids is 11. The minimum atomic E-state index is -2.00. The Hall–Kier alpha value is -5.18. The fourth-order valence-corrected chi connectivity index (χ4v) is 6.13. The van der Waals surface area contributed by atoms with E-state index in [2.05, 4.69) is 11.3 Å². The van der Waals surface area contributed by atoms with Gasteiger partial charge in [0.05, 0.1) is 68.6 Å². The molecule has 0 aliphatic carbocycles. The third-order valence-corrected chi connectivity index (χ3v) is 12.0. The van der Waals surface area contributed by atoms with E-state index in [9.17, 15) is 52.7 Å². The first-order chi connectivity index (χ1) is 38.8. The van der Waals surface area contributed by atoms with Gasteiger partial charge in [-0.1, -0.05) is 41.7 Å². The zero-order valence-corrected chi connectivity index (χ0v) is 62.0. The Kier molecular flexibility index (Phi) is 53.1. The van der Waals surface area contributed by atoms with Crippen molar-refractivity contribution in [1.29, 1.82) is 0 Å².